The van der Waals surface area contributed by atoms with Gasteiger partial charge in [-0.25, -0.2) is 9.97 Å². The van der Waals surface area contributed by atoms with Gasteiger partial charge in [0.25, 0.3) is 0 Å². The topological polar surface area (TPSA) is 97.2 Å². The summed E-state index contributed by atoms with van der Waals surface area (Å²) in [5.74, 6) is 2.59. The van der Waals surface area contributed by atoms with Gasteiger partial charge >= 0.3 is 0 Å². The van der Waals surface area contributed by atoms with Gasteiger partial charge in [-0.15, -0.1) is 10.2 Å². The molecule has 4 aromatic rings. The standard InChI is InChI=1S/C22H22N8O/c1-28-14-26-27-21(28)15-5-8-29(9-6-15)20-17(3-4-19(31-2)18(20)11-23)16-12-25-22-24-7-10-30(22)13-16/h3-4,7,10,12-15H,5-6,8-9H2,1-2H3. The molecule has 0 bridgehead atoms. The van der Waals surface area contributed by atoms with E-state index in [-0.39, 0.29) is 0 Å². The van der Waals surface area contributed by atoms with Crippen LogP contribution in [-0.4, -0.2) is 49.3 Å². The summed E-state index contributed by atoms with van der Waals surface area (Å²) in [4.78, 5) is 11.0. The second kappa shape index (κ2) is 7.72. The van der Waals surface area contributed by atoms with E-state index in [4.69, 9.17) is 4.74 Å². The number of rotatable bonds is 4. The zero-order valence-corrected chi connectivity index (χ0v) is 17.4. The predicted octanol–water partition coefficient (Wildman–Crippen LogP) is 2.79. The van der Waals surface area contributed by atoms with E-state index >= 15 is 0 Å². The molecule has 1 aromatic carbocycles. The molecule has 3 aromatic heterocycles. The first kappa shape index (κ1) is 19.1. The molecule has 0 atom stereocenters. The molecule has 0 radical (unpaired) electrons. The second-order valence-electron chi connectivity index (χ2n) is 7.69. The lowest BCUT2D eigenvalue weighted by Gasteiger charge is -2.35. The summed E-state index contributed by atoms with van der Waals surface area (Å²) in [6.45, 7) is 1.63. The first-order chi connectivity index (χ1) is 15.2. The Kier molecular flexibility index (Phi) is 4.75. The lowest BCUT2D eigenvalue weighted by atomic mass is 9.93. The maximum absolute atomic E-state index is 10.0. The average Bonchev–Trinajstić information content (AvgIpc) is 3.46. The highest BCUT2D eigenvalue weighted by molar-refractivity contribution is 5.85. The summed E-state index contributed by atoms with van der Waals surface area (Å²) in [6.07, 6.45) is 11.0. The zero-order valence-electron chi connectivity index (χ0n) is 17.4. The molecule has 0 spiro atoms. The molecule has 5 rings (SSSR count). The number of piperidine rings is 1. The zero-order chi connectivity index (χ0) is 21.4. The fourth-order valence-electron chi connectivity index (χ4n) is 4.39. The van der Waals surface area contributed by atoms with Crippen molar-refractivity contribution in [1.29, 1.82) is 5.26 Å². The Morgan fingerprint density at radius 2 is 2.03 bits per heavy atom. The molecule has 9 nitrogen and oxygen atoms in total. The number of benzene rings is 1. The van der Waals surface area contributed by atoms with Crippen LogP contribution < -0.4 is 9.64 Å². The Morgan fingerprint density at radius 3 is 2.74 bits per heavy atom. The van der Waals surface area contributed by atoms with Gasteiger partial charge in [-0.3, -0.25) is 4.40 Å². The van der Waals surface area contributed by atoms with Gasteiger partial charge in [0.15, 0.2) is 0 Å². The molecule has 0 N–H and O–H groups in total. The highest BCUT2D eigenvalue weighted by Gasteiger charge is 2.28. The van der Waals surface area contributed by atoms with Crippen molar-refractivity contribution in [2.45, 2.75) is 18.8 Å². The fourth-order valence-corrected chi connectivity index (χ4v) is 4.39. The van der Waals surface area contributed by atoms with Gasteiger partial charge in [-0.2, -0.15) is 5.26 Å². The summed E-state index contributed by atoms with van der Waals surface area (Å²) in [5.41, 5.74) is 3.31. The third-order valence-electron chi connectivity index (χ3n) is 5.95. The van der Waals surface area contributed by atoms with Gasteiger partial charge in [0.2, 0.25) is 5.78 Å². The minimum atomic E-state index is 0.354. The van der Waals surface area contributed by atoms with Gasteiger partial charge < -0.3 is 14.2 Å². The smallest absolute Gasteiger partial charge is 0.233 e. The van der Waals surface area contributed by atoms with Crippen molar-refractivity contribution in [3.05, 3.63) is 54.6 Å². The summed E-state index contributed by atoms with van der Waals surface area (Å²) in [5, 5.41) is 18.3. The van der Waals surface area contributed by atoms with E-state index in [1.54, 1.807) is 25.8 Å². The van der Waals surface area contributed by atoms with Crippen LogP contribution in [-0.2, 0) is 7.05 Å². The third-order valence-corrected chi connectivity index (χ3v) is 5.95. The van der Waals surface area contributed by atoms with Gasteiger partial charge in [-0.05, 0) is 25.0 Å². The van der Waals surface area contributed by atoms with Crippen molar-refractivity contribution < 1.29 is 4.74 Å². The van der Waals surface area contributed by atoms with Crippen LogP contribution in [0.4, 0.5) is 5.69 Å². The molecule has 9 heteroatoms. The molecular formula is C22H22N8O. The van der Waals surface area contributed by atoms with Gasteiger partial charge in [-0.1, -0.05) is 0 Å². The third kappa shape index (κ3) is 3.26. The van der Waals surface area contributed by atoms with Crippen molar-refractivity contribution in [3.63, 3.8) is 0 Å². The van der Waals surface area contributed by atoms with Crippen molar-refractivity contribution in [2.75, 3.05) is 25.1 Å². The van der Waals surface area contributed by atoms with E-state index in [0.29, 0.717) is 23.0 Å². The molecule has 0 amide bonds. The number of hydrogen-bond acceptors (Lipinski definition) is 7. The minimum Gasteiger partial charge on any atom is -0.495 e. The van der Waals surface area contributed by atoms with E-state index < -0.39 is 0 Å². The van der Waals surface area contributed by atoms with Crippen LogP contribution in [0.25, 0.3) is 16.9 Å². The van der Waals surface area contributed by atoms with Crippen LogP contribution in [0.5, 0.6) is 5.75 Å². The average molecular weight is 414 g/mol. The van der Waals surface area contributed by atoms with E-state index in [1.807, 2.05) is 40.5 Å². The van der Waals surface area contributed by atoms with Crippen molar-refractivity contribution in [2.24, 2.45) is 7.05 Å². The highest BCUT2D eigenvalue weighted by atomic mass is 16.5. The van der Waals surface area contributed by atoms with Crippen LogP contribution in [0.3, 0.4) is 0 Å². The molecule has 1 saturated heterocycles. The monoisotopic (exact) mass is 414 g/mol. The Hall–Kier alpha value is -3.93. The number of aryl methyl sites for hydroxylation is 1. The molecular weight excluding hydrogens is 392 g/mol. The summed E-state index contributed by atoms with van der Waals surface area (Å²) >= 11 is 0. The van der Waals surface area contributed by atoms with E-state index in [9.17, 15) is 5.26 Å². The Balaban J connectivity index is 1.55. The van der Waals surface area contributed by atoms with Crippen molar-refractivity contribution in [3.8, 4) is 22.9 Å². The van der Waals surface area contributed by atoms with Gasteiger partial charge in [0.1, 0.15) is 29.5 Å². The molecule has 0 aliphatic carbocycles. The van der Waals surface area contributed by atoms with Crippen LogP contribution >= 0.6 is 0 Å². The Bertz CT molecular complexity index is 1280. The van der Waals surface area contributed by atoms with Crippen molar-refractivity contribution >= 4 is 11.5 Å². The van der Waals surface area contributed by atoms with Gasteiger partial charge in [0, 0.05) is 62.0 Å². The Morgan fingerprint density at radius 1 is 1.19 bits per heavy atom. The summed E-state index contributed by atoms with van der Waals surface area (Å²) < 4.78 is 9.39. The quantitative estimate of drug-likeness (QED) is 0.506. The van der Waals surface area contributed by atoms with E-state index in [2.05, 4.69) is 31.1 Å². The predicted molar refractivity (Wildman–Crippen MR) is 115 cm³/mol. The van der Waals surface area contributed by atoms with Crippen LogP contribution in [0.1, 0.15) is 30.1 Å². The number of aromatic nitrogens is 6. The molecule has 1 aliphatic heterocycles. The number of methoxy groups -OCH3 is 1. The van der Waals surface area contributed by atoms with Gasteiger partial charge in [0.05, 0.1) is 12.8 Å². The molecule has 4 heterocycles. The molecule has 1 fully saturated rings. The van der Waals surface area contributed by atoms with E-state index in [1.165, 1.54) is 0 Å². The van der Waals surface area contributed by atoms with Crippen LogP contribution in [0.15, 0.2) is 43.2 Å². The number of imidazole rings is 1. The van der Waals surface area contributed by atoms with Crippen molar-refractivity contribution in [1.82, 2.24) is 29.1 Å². The molecule has 1 aliphatic rings. The van der Waals surface area contributed by atoms with E-state index in [0.717, 1.165) is 48.6 Å². The highest BCUT2D eigenvalue weighted by Crippen LogP contribution is 2.41. The maximum atomic E-state index is 10.0. The summed E-state index contributed by atoms with van der Waals surface area (Å²) in [6, 6.07) is 6.22. The lowest BCUT2D eigenvalue weighted by Crippen LogP contribution is -2.34. The molecule has 0 saturated carbocycles. The molecule has 156 valence electrons. The molecule has 0 unspecified atom stereocenters. The summed E-state index contributed by atoms with van der Waals surface area (Å²) in [7, 11) is 3.58. The number of nitrogens with zero attached hydrogens (tertiary/aromatic N) is 8. The SMILES string of the molecule is COc1ccc(-c2cnc3nccn3c2)c(N2CCC(c3nncn3C)CC2)c1C#N. The largest absolute Gasteiger partial charge is 0.495 e. The first-order valence-electron chi connectivity index (χ1n) is 10.2. The Labute approximate surface area is 179 Å². The number of anilines is 1. The minimum absolute atomic E-state index is 0.354. The number of hydrogen-bond donors (Lipinski definition) is 0. The van der Waals surface area contributed by atoms with Crippen LogP contribution in [0, 0.1) is 11.3 Å². The second-order valence-corrected chi connectivity index (χ2v) is 7.69. The number of nitriles is 1. The van der Waals surface area contributed by atoms with Crippen LogP contribution in [0.2, 0.25) is 0 Å². The fraction of sp³-hybridized carbons (Fsp3) is 0.318. The first-order valence-corrected chi connectivity index (χ1v) is 10.2. The number of ether oxygens (including phenoxy) is 1. The normalized spacial score (nSPS) is 14.7. The lowest BCUT2D eigenvalue weighted by molar-refractivity contribution is 0.413. The number of fused-ring (bicyclic) bond motifs is 1. The maximum Gasteiger partial charge on any atom is 0.233 e. The molecule has 31 heavy (non-hydrogen) atoms.